The molecule has 0 saturated heterocycles. The van der Waals surface area contributed by atoms with Crippen molar-refractivity contribution >= 4 is 5.97 Å². The molecule has 88 valence electrons. The first-order valence-corrected chi connectivity index (χ1v) is 6.15. The molecule has 15 heavy (non-hydrogen) atoms. The maximum Gasteiger partial charge on any atom is 0.320 e. The molecule has 0 aromatic rings. The molecule has 1 aliphatic carbocycles. The van der Waals surface area contributed by atoms with Gasteiger partial charge in [0.05, 0.1) is 0 Å². The van der Waals surface area contributed by atoms with Gasteiger partial charge in [0.1, 0.15) is 6.04 Å². The zero-order chi connectivity index (χ0) is 11.3. The van der Waals surface area contributed by atoms with Gasteiger partial charge in [-0.05, 0) is 31.7 Å². The van der Waals surface area contributed by atoms with E-state index in [-0.39, 0.29) is 6.04 Å². The average Bonchev–Trinajstić information content (AvgIpc) is 3.00. The lowest BCUT2D eigenvalue weighted by molar-refractivity contribution is -0.143. The van der Waals surface area contributed by atoms with Crippen molar-refractivity contribution in [1.82, 2.24) is 4.90 Å². The van der Waals surface area contributed by atoms with E-state index >= 15 is 0 Å². The van der Waals surface area contributed by atoms with Gasteiger partial charge in [0.15, 0.2) is 0 Å². The number of carboxylic acids is 1. The van der Waals surface area contributed by atoms with Crippen LogP contribution in [0.3, 0.4) is 0 Å². The van der Waals surface area contributed by atoms with Crippen LogP contribution in [0.5, 0.6) is 0 Å². The molecular formula is C12H23NO2. The van der Waals surface area contributed by atoms with Gasteiger partial charge in [0, 0.05) is 6.54 Å². The van der Waals surface area contributed by atoms with Crippen molar-refractivity contribution in [2.75, 3.05) is 13.1 Å². The monoisotopic (exact) mass is 213 g/mol. The highest BCUT2D eigenvalue weighted by Crippen LogP contribution is 2.30. The minimum atomic E-state index is -0.647. The molecule has 1 aliphatic rings. The fraction of sp³-hybridized carbons (Fsp3) is 0.917. The van der Waals surface area contributed by atoms with Crippen molar-refractivity contribution < 1.29 is 9.90 Å². The van der Waals surface area contributed by atoms with E-state index in [1.54, 1.807) is 0 Å². The third kappa shape index (κ3) is 4.20. The Hall–Kier alpha value is -0.570. The van der Waals surface area contributed by atoms with E-state index in [9.17, 15) is 9.90 Å². The van der Waals surface area contributed by atoms with Crippen molar-refractivity contribution in [3.05, 3.63) is 0 Å². The molecule has 1 unspecified atom stereocenters. The molecule has 1 N–H and O–H groups in total. The zero-order valence-electron chi connectivity index (χ0n) is 9.91. The molecule has 0 bridgehead atoms. The zero-order valence-corrected chi connectivity index (χ0v) is 9.91. The van der Waals surface area contributed by atoms with Gasteiger partial charge in [0.25, 0.3) is 0 Å². The Bertz CT molecular complexity index is 202. The Morgan fingerprint density at radius 3 is 2.53 bits per heavy atom. The number of rotatable bonds is 8. The van der Waals surface area contributed by atoms with Gasteiger partial charge in [0.2, 0.25) is 0 Å². The summed E-state index contributed by atoms with van der Waals surface area (Å²) >= 11 is 0. The number of carboxylic acid groups (broad SMARTS) is 1. The highest BCUT2D eigenvalue weighted by molar-refractivity contribution is 5.73. The summed E-state index contributed by atoms with van der Waals surface area (Å²) in [5.41, 5.74) is 0. The summed E-state index contributed by atoms with van der Waals surface area (Å²) in [6, 6.07) is -0.254. The molecule has 1 fully saturated rings. The Morgan fingerprint density at radius 1 is 1.47 bits per heavy atom. The molecule has 3 heteroatoms. The third-order valence-corrected chi connectivity index (χ3v) is 3.15. The van der Waals surface area contributed by atoms with Crippen LogP contribution in [-0.2, 0) is 4.79 Å². The van der Waals surface area contributed by atoms with E-state index < -0.39 is 5.97 Å². The number of unbranched alkanes of at least 4 members (excludes halogenated alkanes) is 1. The lowest BCUT2D eigenvalue weighted by Crippen LogP contribution is -2.42. The van der Waals surface area contributed by atoms with Gasteiger partial charge >= 0.3 is 5.97 Å². The topological polar surface area (TPSA) is 40.5 Å². The molecule has 0 radical (unpaired) electrons. The summed E-state index contributed by atoms with van der Waals surface area (Å²) < 4.78 is 0. The molecule has 0 amide bonds. The van der Waals surface area contributed by atoms with Crippen molar-refractivity contribution in [2.45, 2.75) is 52.0 Å². The van der Waals surface area contributed by atoms with E-state index in [1.165, 1.54) is 12.8 Å². The van der Waals surface area contributed by atoms with Gasteiger partial charge in [-0.25, -0.2) is 0 Å². The van der Waals surface area contributed by atoms with Gasteiger partial charge in [-0.3, -0.25) is 9.69 Å². The quantitative estimate of drug-likeness (QED) is 0.673. The van der Waals surface area contributed by atoms with Crippen LogP contribution in [-0.4, -0.2) is 35.1 Å². The Labute approximate surface area is 92.5 Å². The predicted octanol–water partition coefficient (Wildman–Crippen LogP) is 2.36. The van der Waals surface area contributed by atoms with E-state index in [2.05, 4.69) is 18.7 Å². The fourth-order valence-corrected chi connectivity index (χ4v) is 1.97. The number of carbonyl (C=O) groups is 1. The number of hydrogen-bond donors (Lipinski definition) is 1. The number of hydrogen-bond acceptors (Lipinski definition) is 2. The summed E-state index contributed by atoms with van der Waals surface area (Å²) in [6.45, 7) is 6.01. The number of likely N-dealkylation sites (N-methyl/N-ethyl adjacent to an activating group) is 1. The second-order valence-electron chi connectivity index (χ2n) is 4.53. The molecule has 0 aromatic carbocycles. The van der Waals surface area contributed by atoms with E-state index in [0.29, 0.717) is 0 Å². The van der Waals surface area contributed by atoms with Crippen molar-refractivity contribution in [2.24, 2.45) is 5.92 Å². The normalized spacial score (nSPS) is 18.1. The summed E-state index contributed by atoms with van der Waals surface area (Å²) in [5.74, 6) is 0.124. The van der Waals surface area contributed by atoms with Gasteiger partial charge in [-0.2, -0.15) is 0 Å². The largest absolute Gasteiger partial charge is 0.480 e. The van der Waals surface area contributed by atoms with Crippen LogP contribution >= 0.6 is 0 Å². The Morgan fingerprint density at radius 2 is 2.13 bits per heavy atom. The van der Waals surface area contributed by atoms with E-state index in [0.717, 1.165) is 38.3 Å². The molecule has 0 heterocycles. The van der Waals surface area contributed by atoms with Crippen LogP contribution in [0.1, 0.15) is 46.0 Å². The molecule has 0 spiro atoms. The molecule has 1 rings (SSSR count). The highest BCUT2D eigenvalue weighted by Gasteiger charge is 2.30. The number of nitrogens with zero attached hydrogens (tertiary/aromatic N) is 1. The maximum absolute atomic E-state index is 11.2. The van der Waals surface area contributed by atoms with Gasteiger partial charge in [-0.15, -0.1) is 0 Å². The molecule has 1 saturated carbocycles. The highest BCUT2D eigenvalue weighted by atomic mass is 16.4. The van der Waals surface area contributed by atoms with Crippen molar-refractivity contribution in [3.63, 3.8) is 0 Å². The minimum absolute atomic E-state index is 0.254. The van der Waals surface area contributed by atoms with E-state index in [1.807, 2.05) is 0 Å². The second kappa shape index (κ2) is 6.11. The van der Waals surface area contributed by atoms with Crippen LogP contribution < -0.4 is 0 Å². The van der Waals surface area contributed by atoms with Crippen LogP contribution in [0.25, 0.3) is 0 Å². The summed E-state index contributed by atoms with van der Waals surface area (Å²) in [6.07, 6.45) is 5.46. The van der Waals surface area contributed by atoms with Gasteiger partial charge < -0.3 is 5.11 Å². The molecule has 3 nitrogen and oxygen atoms in total. The summed E-state index contributed by atoms with van der Waals surface area (Å²) in [5, 5.41) is 9.19. The minimum Gasteiger partial charge on any atom is -0.480 e. The van der Waals surface area contributed by atoms with Crippen LogP contribution in [0, 0.1) is 5.92 Å². The molecular weight excluding hydrogens is 190 g/mol. The van der Waals surface area contributed by atoms with Crippen LogP contribution in [0.2, 0.25) is 0 Å². The first kappa shape index (κ1) is 12.5. The first-order valence-electron chi connectivity index (χ1n) is 6.15. The van der Waals surface area contributed by atoms with Crippen LogP contribution in [0.4, 0.5) is 0 Å². The first-order chi connectivity index (χ1) is 7.19. The van der Waals surface area contributed by atoms with Crippen molar-refractivity contribution in [3.8, 4) is 0 Å². The predicted molar refractivity (Wildman–Crippen MR) is 60.9 cm³/mol. The van der Waals surface area contributed by atoms with E-state index in [4.69, 9.17) is 0 Å². The molecule has 0 aliphatic heterocycles. The lowest BCUT2D eigenvalue weighted by atomic mass is 10.1. The Kier molecular flexibility index (Phi) is 5.09. The smallest absolute Gasteiger partial charge is 0.320 e. The lowest BCUT2D eigenvalue weighted by Gasteiger charge is -2.27. The second-order valence-corrected chi connectivity index (χ2v) is 4.53. The maximum atomic E-state index is 11.2. The standard InChI is InChI=1S/C12H23NO2/c1-3-5-6-11(12(14)15)13(4-2)9-10-7-8-10/h10-11H,3-9H2,1-2H3,(H,14,15). The van der Waals surface area contributed by atoms with Gasteiger partial charge in [-0.1, -0.05) is 26.7 Å². The number of aliphatic carboxylic acids is 1. The summed E-state index contributed by atoms with van der Waals surface area (Å²) in [7, 11) is 0. The SMILES string of the molecule is CCCCC(C(=O)O)N(CC)CC1CC1. The molecule has 1 atom stereocenters. The summed E-state index contributed by atoms with van der Waals surface area (Å²) in [4.78, 5) is 13.3. The third-order valence-electron chi connectivity index (χ3n) is 3.15. The molecule has 0 aromatic heterocycles. The van der Waals surface area contributed by atoms with Crippen LogP contribution in [0.15, 0.2) is 0 Å². The average molecular weight is 213 g/mol. The fourth-order valence-electron chi connectivity index (χ4n) is 1.97. The van der Waals surface area contributed by atoms with Crippen molar-refractivity contribution in [1.29, 1.82) is 0 Å². The Balaban J connectivity index is 2.44.